The lowest BCUT2D eigenvalue weighted by molar-refractivity contribution is -0.240. The van der Waals surface area contributed by atoms with Crippen molar-refractivity contribution >= 4 is 16.9 Å². The predicted octanol–water partition coefficient (Wildman–Crippen LogP) is 8.28. The van der Waals surface area contributed by atoms with Crippen molar-refractivity contribution in [3.8, 4) is 16.9 Å². The van der Waals surface area contributed by atoms with Gasteiger partial charge in [0.25, 0.3) is 0 Å². The molecule has 41 heavy (non-hydrogen) atoms. The van der Waals surface area contributed by atoms with Gasteiger partial charge in [0.15, 0.2) is 0 Å². The topological polar surface area (TPSA) is 65.7 Å². The number of ether oxygens (including phenoxy) is 2. The highest BCUT2D eigenvalue weighted by molar-refractivity contribution is 5.87. The molecule has 1 heterocycles. The molecule has 0 saturated heterocycles. The summed E-state index contributed by atoms with van der Waals surface area (Å²) in [5.41, 5.74) is -4.88. The van der Waals surface area contributed by atoms with Gasteiger partial charge in [0.2, 0.25) is 0 Å². The first kappa shape index (κ1) is 31.8. The maximum atomic E-state index is 13.9. The van der Waals surface area contributed by atoms with Crippen molar-refractivity contribution in [3.63, 3.8) is 0 Å². The Kier molecular flexibility index (Phi) is 9.61. The molecule has 0 saturated carbocycles. The summed E-state index contributed by atoms with van der Waals surface area (Å²) in [6.07, 6.45) is -6.53. The molecule has 0 fully saturated rings. The summed E-state index contributed by atoms with van der Waals surface area (Å²) in [4.78, 5) is 24.4. The zero-order chi connectivity index (χ0) is 30.6. The van der Waals surface area contributed by atoms with Crippen molar-refractivity contribution in [3.05, 3.63) is 76.2 Å². The minimum absolute atomic E-state index is 0.0651. The van der Waals surface area contributed by atoms with Crippen LogP contribution in [0.3, 0.4) is 0 Å². The minimum atomic E-state index is -4.80. The van der Waals surface area contributed by atoms with Gasteiger partial charge in [-0.05, 0) is 56.5 Å². The molecule has 1 atom stereocenters. The molecule has 1 aromatic heterocycles. The number of hydrogen-bond donors (Lipinski definition) is 0. The van der Waals surface area contributed by atoms with Crippen LogP contribution in [0.4, 0.5) is 26.3 Å². The van der Waals surface area contributed by atoms with Crippen LogP contribution in [0.2, 0.25) is 0 Å². The quantitative estimate of drug-likeness (QED) is 0.0746. The van der Waals surface area contributed by atoms with Gasteiger partial charge < -0.3 is 13.9 Å². The Morgan fingerprint density at radius 3 is 2.27 bits per heavy atom. The van der Waals surface area contributed by atoms with Gasteiger partial charge in [-0.15, -0.1) is 0 Å². The largest absolute Gasteiger partial charge is 0.492 e. The summed E-state index contributed by atoms with van der Waals surface area (Å²) in [6, 6.07) is 8.89. The van der Waals surface area contributed by atoms with Crippen LogP contribution in [-0.2, 0) is 22.1 Å². The van der Waals surface area contributed by atoms with Crippen molar-refractivity contribution in [2.45, 2.75) is 58.8 Å². The van der Waals surface area contributed by atoms with E-state index in [9.17, 15) is 35.9 Å². The molecule has 0 aliphatic carbocycles. The Balaban J connectivity index is 1.90. The average molecular weight is 585 g/mol. The van der Waals surface area contributed by atoms with Crippen molar-refractivity contribution in [2.75, 3.05) is 13.2 Å². The maximum absolute atomic E-state index is 13.9. The number of hydrogen-bond acceptors (Lipinski definition) is 5. The van der Waals surface area contributed by atoms with Gasteiger partial charge in [-0.25, -0.2) is 9.59 Å². The Morgan fingerprint density at radius 2 is 1.66 bits per heavy atom. The number of esters is 1. The van der Waals surface area contributed by atoms with E-state index in [2.05, 4.69) is 6.58 Å². The van der Waals surface area contributed by atoms with E-state index in [0.29, 0.717) is 12.0 Å². The van der Waals surface area contributed by atoms with E-state index in [1.165, 1.54) is 37.3 Å². The monoisotopic (exact) mass is 584 g/mol. The first-order valence-corrected chi connectivity index (χ1v) is 12.9. The summed E-state index contributed by atoms with van der Waals surface area (Å²) in [7, 11) is 0. The SMILES string of the molecule is C=C(C)C(=O)OCC(C)(COc1ccc2cc(-c3ccc(CCCCC)cc3C(F)(F)F)c(=O)oc2c1)C(F)(F)F. The molecule has 0 aliphatic heterocycles. The zero-order valence-electron chi connectivity index (χ0n) is 22.8. The number of unbranched alkanes of at least 4 members (excludes halogenated alkanes) is 2. The van der Waals surface area contributed by atoms with Crippen LogP contribution in [0.25, 0.3) is 22.1 Å². The number of fused-ring (bicyclic) bond motifs is 1. The maximum Gasteiger partial charge on any atom is 0.417 e. The molecule has 1 unspecified atom stereocenters. The van der Waals surface area contributed by atoms with Crippen LogP contribution in [0.5, 0.6) is 5.75 Å². The Bertz CT molecular complexity index is 1470. The minimum Gasteiger partial charge on any atom is -0.492 e. The van der Waals surface area contributed by atoms with Gasteiger partial charge in [0.1, 0.15) is 30.0 Å². The van der Waals surface area contributed by atoms with Gasteiger partial charge in [-0.3, -0.25) is 0 Å². The van der Waals surface area contributed by atoms with E-state index < -0.39 is 48.1 Å². The van der Waals surface area contributed by atoms with Crippen LogP contribution in [-0.4, -0.2) is 25.4 Å². The molecule has 11 heteroatoms. The lowest BCUT2D eigenvalue weighted by Gasteiger charge is -2.31. The van der Waals surface area contributed by atoms with E-state index in [1.807, 2.05) is 6.92 Å². The van der Waals surface area contributed by atoms with E-state index in [0.717, 1.165) is 32.3 Å². The second-order valence-corrected chi connectivity index (χ2v) is 10.2. The van der Waals surface area contributed by atoms with Crippen molar-refractivity contribution in [1.82, 2.24) is 0 Å². The van der Waals surface area contributed by atoms with E-state index >= 15 is 0 Å². The van der Waals surface area contributed by atoms with Gasteiger partial charge in [-0.2, -0.15) is 26.3 Å². The van der Waals surface area contributed by atoms with Crippen LogP contribution in [0, 0.1) is 5.41 Å². The summed E-state index contributed by atoms with van der Waals surface area (Å²) >= 11 is 0. The third-order valence-corrected chi connectivity index (χ3v) is 6.57. The molecule has 0 spiro atoms. The number of benzene rings is 2. The first-order chi connectivity index (χ1) is 19.1. The van der Waals surface area contributed by atoms with Crippen LogP contribution >= 0.6 is 0 Å². The van der Waals surface area contributed by atoms with Gasteiger partial charge in [-0.1, -0.05) is 38.5 Å². The molecular formula is C30H30F6O5. The summed E-state index contributed by atoms with van der Waals surface area (Å²) in [6.45, 7) is 5.48. The molecule has 3 rings (SSSR count). The molecule has 2 aromatic carbocycles. The van der Waals surface area contributed by atoms with Crippen molar-refractivity contribution < 1.29 is 45.0 Å². The fraction of sp³-hybridized carbons (Fsp3) is 0.400. The van der Waals surface area contributed by atoms with Crippen LogP contribution < -0.4 is 10.4 Å². The van der Waals surface area contributed by atoms with E-state index in [4.69, 9.17) is 13.9 Å². The standard InChI is InChI=1S/C30H30F6O5/c1-5-6-7-8-19-9-12-22(24(13-19)29(31,32)33)23-14-20-10-11-21(15-25(20)41-27(23)38)39-16-28(4,30(34,35)36)17-40-26(37)18(2)3/h9-15H,2,5-8,16-17H2,1,3-4H3. The number of halogens is 6. The molecule has 0 aliphatic rings. The van der Waals surface area contributed by atoms with Gasteiger partial charge in [0, 0.05) is 22.6 Å². The molecule has 222 valence electrons. The number of aryl methyl sites for hydroxylation is 1. The fourth-order valence-electron chi connectivity index (χ4n) is 3.96. The number of carbonyl (C=O) groups is 1. The third-order valence-electron chi connectivity index (χ3n) is 6.57. The Labute approximate surface area is 232 Å². The second kappa shape index (κ2) is 12.4. The third kappa shape index (κ3) is 7.71. The highest BCUT2D eigenvalue weighted by Gasteiger charge is 2.53. The summed E-state index contributed by atoms with van der Waals surface area (Å²) < 4.78 is 98.4. The number of alkyl halides is 6. The lowest BCUT2D eigenvalue weighted by Crippen LogP contribution is -2.44. The zero-order valence-corrected chi connectivity index (χ0v) is 22.8. The molecule has 0 bridgehead atoms. The van der Waals surface area contributed by atoms with Crippen LogP contribution in [0.1, 0.15) is 51.2 Å². The van der Waals surface area contributed by atoms with E-state index in [-0.39, 0.29) is 33.4 Å². The lowest BCUT2D eigenvalue weighted by atomic mass is 9.92. The van der Waals surface area contributed by atoms with Crippen molar-refractivity contribution in [2.24, 2.45) is 5.41 Å². The summed E-state index contributed by atoms with van der Waals surface area (Å²) in [5, 5.41) is 0.237. The summed E-state index contributed by atoms with van der Waals surface area (Å²) in [5.74, 6) is -1.08. The second-order valence-electron chi connectivity index (χ2n) is 10.2. The van der Waals surface area contributed by atoms with Crippen molar-refractivity contribution in [1.29, 1.82) is 0 Å². The Hall–Kier alpha value is -3.76. The fourth-order valence-corrected chi connectivity index (χ4v) is 3.96. The predicted molar refractivity (Wildman–Crippen MR) is 142 cm³/mol. The number of rotatable bonds is 11. The molecule has 3 aromatic rings. The molecule has 0 amide bonds. The smallest absolute Gasteiger partial charge is 0.417 e. The first-order valence-electron chi connectivity index (χ1n) is 12.9. The van der Waals surface area contributed by atoms with Gasteiger partial charge in [0.05, 0.1) is 11.1 Å². The highest BCUT2D eigenvalue weighted by Crippen LogP contribution is 2.40. The van der Waals surface area contributed by atoms with Gasteiger partial charge >= 0.3 is 23.9 Å². The average Bonchev–Trinajstić information content (AvgIpc) is 2.89. The molecule has 0 N–H and O–H groups in total. The number of carbonyl (C=O) groups excluding carboxylic acids is 1. The van der Waals surface area contributed by atoms with Crippen LogP contribution in [0.15, 0.2) is 63.8 Å². The Morgan fingerprint density at radius 1 is 0.951 bits per heavy atom. The molecule has 5 nitrogen and oxygen atoms in total. The van der Waals surface area contributed by atoms with E-state index in [1.54, 1.807) is 6.07 Å². The molecule has 0 radical (unpaired) electrons. The normalized spacial score (nSPS) is 13.6. The highest BCUT2D eigenvalue weighted by atomic mass is 19.4. The molecular weight excluding hydrogens is 554 g/mol.